The maximum atomic E-state index is 12.5. The number of hydrogen-bond acceptors (Lipinski definition) is 4. The summed E-state index contributed by atoms with van der Waals surface area (Å²) in [5.41, 5.74) is 0.665. The van der Waals surface area contributed by atoms with E-state index in [4.69, 9.17) is 9.84 Å². The lowest BCUT2D eigenvalue weighted by atomic mass is 10.1. The third kappa shape index (κ3) is 3.24. The second kappa shape index (κ2) is 6.33. The lowest BCUT2D eigenvalue weighted by molar-refractivity contribution is -0.139. The number of rotatable bonds is 3. The van der Waals surface area contributed by atoms with Crippen LogP contribution in [0.5, 0.6) is 0 Å². The number of amides is 2. The zero-order valence-corrected chi connectivity index (χ0v) is 11.2. The van der Waals surface area contributed by atoms with E-state index in [9.17, 15) is 9.59 Å². The molecule has 0 aliphatic carbocycles. The van der Waals surface area contributed by atoms with Gasteiger partial charge >= 0.3 is 12.0 Å². The van der Waals surface area contributed by atoms with Gasteiger partial charge in [-0.1, -0.05) is 0 Å². The highest BCUT2D eigenvalue weighted by atomic mass is 16.5. The number of aromatic nitrogens is 1. The van der Waals surface area contributed by atoms with E-state index in [0.717, 1.165) is 0 Å². The topological polar surface area (TPSA) is 83.0 Å². The SMILES string of the molecule is CN(C(=O)N1CCOCC1CC(=O)O)c1cccnc1. The molecule has 1 aliphatic rings. The quantitative estimate of drug-likeness (QED) is 0.885. The second-order valence-corrected chi connectivity index (χ2v) is 4.57. The molecule has 0 bridgehead atoms. The molecule has 2 heterocycles. The van der Waals surface area contributed by atoms with E-state index in [1.54, 1.807) is 36.5 Å². The molecule has 1 aromatic rings. The van der Waals surface area contributed by atoms with Gasteiger partial charge in [-0.05, 0) is 12.1 Å². The zero-order valence-electron chi connectivity index (χ0n) is 11.2. The molecule has 0 aromatic carbocycles. The van der Waals surface area contributed by atoms with Gasteiger partial charge in [-0.2, -0.15) is 0 Å². The van der Waals surface area contributed by atoms with E-state index < -0.39 is 12.0 Å². The predicted octanol–water partition coefficient (Wildman–Crippen LogP) is 0.813. The van der Waals surface area contributed by atoms with Gasteiger partial charge in [-0.3, -0.25) is 14.7 Å². The molecule has 2 amide bonds. The Bertz CT molecular complexity index is 480. The van der Waals surface area contributed by atoms with Crippen molar-refractivity contribution in [3.05, 3.63) is 24.5 Å². The minimum Gasteiger partial charge on any atom is -0.481 e. The molecule has 1 atom stereocenters. The number of nitrogens with zero attached hydrogens (tertiary/aromatic N) is 3. The van der Waals surface area contributed by atoms with Gasteiger partial charge in [-0.15, -0.1) is 0 Å². The molecule has 2 rings (SSSR count). The summed E-state index contributed by atoms with van der Waals surface area (Å²) in [5, 5.41) is 8.90. The molecule has 1 N–H and O–H groups in total. The fraction of sp³-hybridized carbons (Fsp3) is 0.462. The third-order valence-electron chi connectivity index (χ3n) is 3.20. The number of aliphatic carboxylic acids is 1. The minimum absolute atomic E-state index is 0.118. The van der Waals surface area contributed by atoms with Crippen molar-refractivity contribution in [2.75, 3.05) is 31.7 Å². The largest absolute Gasteiger partial charge is 0.481 e. The Hall–Kier alpha value is -2.15. The normalized spacial score (nSPS) is 18.6. The molecule has 1 aromatic heterocycles. The van der Waals surface area contributed by atoms with Crippen LogP contribution < -0.4 is 4.90 Å². The number of carboxylic acid groups (broad SMARTS) is 1. The van der Waals surface area contributed by atoms with Gasteiger partial charge in [0.25, 0.3) is 0 Å². The van der Waals surface area contributed by atoms with Crippen molar-refractivity contribution in [1.29, 1.82) is 0 Å². The zero-order chi connectivity index (χ0) is 14.5. The second-order valence-electron chi connectivity index (χ2n) is 4.57. The molecule has 7 heteroatoms. The highest BCUT2D eigenvalue weighted by Gasteiger charge is 2.31. The van der Waals surface area contributed by atoms with Gasteiger partial charge < -0.3 is 14.7 Å². The molecule has 1 saturated heterocycles. The summed E-state index contributed by atoms with van der Waals surface area (Å²) in [4.78, 5) is 30.3. The average Bonchev–Trinajstić information content (AvgIpc) is 2.46. The van der Waals surface area contributed by atoms with Gasteiger partial charge in [-0.25, -0.2) is 4.79 Å². The standard InChI is InChI=1S/C13H17N3O4/c1-15(10-3-2-4-14-8-10)13(19)16-5-6-20-9-11(16)7-12(17)18/h2-4,8,11H,5-7,9H2,1H3,(H,17,18). The summed E-state index contributed by atoms with van der Waals surface area (Å²) in [6, 6.07) is 2.84. The molecule has 108 valence electrons. The third-order valence-corrected chi connectivity index (χ3v) is 3.20. The lowest BCUT2D eigenvalue weighted by Crippen LogP contribution is -2.53. The molecule has 20 heavy (non-hydrogen) atoms. The van der Waals surface area contributed by atoms with Gasteiger partial charge in [0.15, 0.2) is 0 Å². The highest BCUT2D eigenvalue weighted by molar-refractivity contribution is 5.91. The Morgan fingerprint density at radius 2 is 2.40 bits per heavy atom. The number of anilines is 1. The van der Waals surface area contributed by atoms with Crippen LogP contribution in [0.15, 0.2) is 24.5 Å². The van der Waals surface area contributed by atoms with Crippen LogP contribution in [-0.4, -0.2) is 59.8 Å². The molecular weight excluding hydrogens is 262 g/mol. The predicted molar refractivity (Wildman–Crippen MR) is 71.6 cm³/mol. The average molecular weight is 279 g/mol. The van der Waals surface area contributed by atoms with E-state index in [1.807, 2.05) is 0 Å². The summed E-state index contributed by atoms with van der Waals surface area (Å²) in [7, 11) is 1.65. The molecule has 1 fully saturated rings. The highest BCUT2D eigenvalue weighted by Crippen LogP contribution is 2.17. The summed E-state index contributed by atoms with van der Waals surface area (Å²) >= 11 is 0. The van der Waals surface area contributed by atoms with Gasteiger partial charge in [0.1, 0.15) is 0 Å². The number of pyridine rings is 1. The Kier molecular flexibility index (Phi) is 4.52. The smallest absolute Gasteiger partial charge is 0.324 e. The summed E-state index contributed by atoms with van der Waals surface area (Å²) in [5.74, 6) is -0.942. The molecule has 0 saturated carbocycles. The van der Waals surface area contributed by atoms with E-state index in [0.29, 0.717) is 18.8 Å². The van der Waals surface area contributed by atoms with Crippen LogP contribution in [-0.2, 0) is 9.53 Å². The first-order valence-corrected chi connectivity index (χ1v) is 6.33. The van der Waals surface area contributed by atoms with E-state index in [2.05, 4.69) is 4.98 Å². The van der Waals surface area contributed by atoms with Crippen molar-refractivity contribution >= 4 is 17.7 Å². The van der Waals surface area contributed by atoms with Crippen LogP contribution in [0.1, 0.15) is 6.42 Å². The Morgan fingerprint density at radius 3 is 3.05 bits per heavy atom. The van der Waals surface area contributed by atoms with Crippen LogP contribution in [0, 0.1) is 0 Å². The van der Waals surface area contributed by atoms with Gasteiger partial charge in [0, 0.05) is 19.8 Å². The number of carbonyl (C=O) groups excluding carboxylic acids is 1. The maximum absolute atomic E-state index is 12.5. The molecule has 0 radical (unpaired) electrons. The minimum atomic E-state index is -0.942. The Balaban J connectivity index is 2.11. The first-order chi connectivity index (χ1) is 9.59. The molecule has 1 aliphatic heterocycles. The van der Waals surface area contributed by atoms with Crippen molar-refractivity contribution < 1.29 is 19.4 Å². The van der Waals surface area contributed by atoms with Crippen molar-refractivity contribution in [3.63, 3.8) is 0 Å². The van der Waals surface area contributed by atoms with Crippen molar-refractivity contribution in [1.82, 2.24) is 9.88 Å². The molecule has 7 nitrogen and oxygen atoms in total. The van der Waals surface area contributed by atoms with Crippen molar-refractivity contribution in [2.45, 2.75) is 12.5 Å². The van der Waals surface area contributed by atoms with Crippen LogP contribution in [0.25, 0.3) is 0 Å². The summed E-state index contributed by atoms with van der Waals surface area (Å²) in [6.07, 6.45) is 3.10. The number of hydrogen-bond donors (Lipinski definition) is 1. The van der Waals surface area contributed by atoms with Crippen LogP contribution in [0.2, 0.25) is 0 Å². The number of urea groups is 1. The van der Waals surface area contributed by atoms with E-state index in [-0.39, 0.29) is 19.1 Å². The first kappa shape index (κ1) is 14.3. The number of carbonyl (C=O) groups is 2. The molecule has 1 unspecified atom stereocenters. The fourth-order valence-corrected chi connectivity index (χ4v) is 2.13. The molecule has 0 spiro atoms. The number of morpholine rings is 1. The fourth-order valence-electron chi connectivity index (χ4n) is 2.13. The molecular formula is C13H17N3O4. The van der Waals surface area contributed by atoms with Crippen LogP contribution in [0.4, 0.5) is 10.5 Å². The van der Waals surface area contributed by atoms with Crippen molar-refractivity contribution in [2.24, 2.45) is 0 Å². The van der Waals surface area contributed by atoms with E-state index in [1.165, 1.54) is 4.90 Å². The van der Waals surface area contributed by atoms with Crippen molar-refractivity contribution in [3.8, 4) is 0 Å². The lowest BCUT2D eigenvalue weighted by Gasteiger charge is -2.37. The summed E-state index contributed by atoms with van der Waals surface area (Å²) in [6.45, 7) is 1.06. The van der Waals surface area contributed by atoms with Crippen LogP contribution >= 0.6 is 0 Å². The van der Waals surface area contributed by atoms with E-state index >= 15 is 0 Å². The number of ether oxygens (including phenoxy) is 1. The van der Waals surface area contributed by atoms with Crippen LogP contribution in [0.3, 0.4) is 0 Å². The first-order valence-electron chi connectivity index (χ1n) is 6.33. The Morgan fingerprint density at radius 1 is 1.60 bits per heavy atom. The van der Waals surface area contributed by atoms with Gasteiger partial charge in [0.05, 0.1) is 37.6 Å². The Labute approximate surface area is 116 Å². The maximum Gasteiger partial charge on any atom is 0.324 e. The monoisotopic (exact) mass is 279 g/mol. The number of carboxylic acids is 1. The van der Waals surface area contributed by atoms with Gasteiger partial charge in [0.2, 0.25) is 0 Å². The summed E-state index contributed by atoms with van der Waals surface area (Å²) < 4.78 is 5.26.